The number of nitrogens with one attached hydrogen (secondary N) is 3. The van der Waals surface area contributed by atoms with Gasteiger partial charge in [0.25, 0.3) is 0 Å². The van der Waals surface area contributed by atoms with E-state index in [1.165, 1.54) is 0 Å². The van der Waals surface area contributed by atoms with Crippen LogP contribution in [0.2, 0.25) is 0 Å². The Bertz CT molecular complexity index is 1550. The van der Waals surface area contributed by atoms with Crippen molar-refractivity contribution in [2.75, 3.05) is 18.4 Å². The maximum atomic E-state index is 12.2. The molecule has 5 heterocycles. The molecule has 10 heteroatoms. The first-order valence-corrected chi connectivity index (χ1v) is 12.6. The zero-order valence-corrected chi connectivity index (χ0v) is 21.5. The van der Waals surface area contributed by atoms with Gasteiger partial charge in [0.05, 0.1) is 34.5 Å². The molecule has 5 aromatic rings. The van der Waals surface area contributed by atoms with Crippen molar-refractivity contribution in [3.63, 3.8) is 0 Å². The standard InChI is InChI=1S/C27H31N9O/c1-5-36(6-2)15-19-11-29-14-22-24(19)33-27(32-22)25-21-9-18(12-30-26(21)35-34-25)17-8-20(13-28-10-17)31-23(37)7-16(3)4/h8-14,16H,5-7,15H2,1-4H3,(H,31,37)(H,32,33)(H,30,34,35). The Kier molecular flexibility index (Phi) is 6.91. The highest BCUT2D eigenvalue weighted by atomic mass is 16.1. The third-order valence-electron chi connectivity index (χ3n) is 6.35. The molecule has 5 aromatic heterocycles. The van der Waals surface area contributed by atoms with E-state index in [0.717, 1.165) is 58.4 Å². The van der Waals surface area contributed by atoms with Crippen molar-refractivity contribution < 1.29 is 4.79 Å². The minimum atomic E-state index is -0.0283. The molecule has 0 saturated heterocycles. The number of aromatic amines is 2. The van der Waals surface area contributed by atoms with Crippen LogP contribution in [-0.2, 0) is 11.3 Å². The molecule has 0 atom stereocenters. The van der Waals surface area contributed by atoms with Crippen molar-refractivity contribution in [2.45, 2.75) is 40.7 Å². The number of nitrogens with zero attached hydrogens (tertiary/aromatic N) is 6. The number of carbonyl (C=O) groups excluding carboxylic acids is 1. The number of pyridine rings is 3. The summed E-state index contributed by atoms with van der Waals surface area (Å²) in [6.45, 7) is 11.0. The van der Waals surface area contributed by atoms with Gasteiger partial charge in [-0.05, 0) is 31.1 Å². The van der Waals surface area contributed by atoms with Gasteiger partial charge in [-0.15, -0.1) is 0 Å². The summed E-state index contributed by atoms with van der Waals surface area (Å²) < 4.78 is 0. The van der Waals surface area contributed by atoms with Crippen LogP contribution in [0.4, 0.5) is 5.69 Å². The number of fused-ring (bicyclic) bond motifs is 2. The van der Waals surface area contributed by atoms with Gasteiger partial charge in [-0.25, -0.2) is 9.97 Å². The van der Waals surface area contributed by atoms with Crippen LogP contribution in [-0.4, -0.2) is 59.0 Å². The monoisotopic (exact) mass is 497 g/mol. The molecule has 0 unspecified atom stereocenters. The summed E-state index contributed by atoms with van der Waals surface area (Å²) in [5.41, 5.74) is 6.56. The maximum absolute atomic E-state index is 12.2. The minimum absolute atomic E-state index is 0.0283. The van der Waals surface area contributed by atoms with Crippen molar-refractivity contribution in [3.8, 4) is 22.6 Å². The van der Waals surface area contributed by atoms with Crippen LogP contribution in [0.1, 0.15) is 39.7 Å². The van der Waals surface area contributed by atoms with E-state index in [0.29, 0.717) is 23.6 Å². The minimum Gasteiger partial charge on any atom is -0.335 e. The second-order valence-corrected chi connectivity index (χ2v) is 9.54. The fourth-order valence-corrected chi connectivity index (χ4v) is 4.40. The molecular weight excluding hydrogens is 466 g/mol. The molecule has 0 fully saturated rings. The summed E-state index contributed by atoms with van der Waals surface area (Å²) in [5.74, 6) is 0.932. The molecule has 0 radical (unpaired) electrons. The van der Waals surface area contributed by atoms with E-state index < -0.39 is 0 Å². The number of aromatic nitrogens is 7. The van der Waals surface area contributed by atoms with Gasteiger partial charge in [0.15, 0.2) is 11.5 Å². The fourth-order valence-electron chi connectivity index (χ4n) is 4.40. The SMILES string of the molecule is CCN(CC)Cc1cncc2[nH]c(-c3[nH]nc4ncc(-c5cncc(NC(=O)CC(C)C)c5)cc34)nc12. The number of imidazole rings is 1. The Labute approximate surface area is 215 Å². The molecule has 190 valence electrons. The lowest BCUT2D eigenvalue weighted by Crippen LogP contribution is -2.22. The van der Waals surface area contributed by atoms with E-state index in [2.05, 4.69) is 54.2 Å². The van der Waals surface area contributed by atoms with Crippen LogP contribution in [0.3, 0.4) is 0 Å². The summed E-state index contributed by atoms with van der Waals surface area (Å²) in [7, 11) is 0. The third kappa shape index (κ3) is 5.19. The van der Waals surface area contributed by atoms with Gasteiger partial charge < -0.3 is 10.3 Å². The van der Waals surface area contributed by atoms with Crippen LogP contribution < -0.4 is 5.32 Å². The number of hydrogen-bond donors (Lipinski definition) is 3. The topological polar surface area (TPSA) is 128 Å². The van der Waals surface area contributed by atoms with Crippen LogP contribution in [0.25, 0.3) is 44.7 Å². The van der Waals surface area contributed by atoms with E-state index in [1.54, 1.807) is 24.8 Å². The number of carbonyl (C=O) groups is 1. The van der Waals surface area contributed by atoms with Crippen LogP contribution in [0, 0.1) is 5.92 Å². The quantitative estimate of drug-likeness (QED) is 0.267. The van der Waals surface area contributed by atoms with Crippen LogP contribution >= 0.6 is 0 Å². The van der Waals surface area contributed by atoms with E-state index in [1.807, 2.05) is 32.2 Å². The molecule has 0 aliphatic carbocycles. The van der Waals surface area contributed by atoms with Gasteiger partial charge in [-0.3, -0.25) is 24.8 Å². The first-order chi connectivity index (χ1) is 17.9. The summed E-state index contributed by atoms with van der Waals surface area (Å²) in [6, 6.07) is 3.92. The van der Waals surface area contributed by atoms with Gasteiger partial charge in [-0.1, -0.05) is 27.7 Å². The summed E-state index contributed by atoms with van der Waals surface area (Å²) in [5, 5.41) is 11.3. The molecule has 0 aliphatic rings. The van der Waals surface area contributed by atoms with Crippen molar-refractivity contribution in [1.29, 1.82) is 0 Å². The molecular formula is C27H31N9O. The first-order valence-electron chi connectivity index (χ1n) is 12.6. The van der Waals surface area contributed by atoms with E-state index in [-0.39, 0.29) is 11.8 Å². The molecule has 0 saturated carbocycles. The second-order valence-electron chi connectivity index (χ2n) is 9.54. The van der Waals surface area contributed by atoms with Crippen LogP contribution in [0.5, 0.6) is 0 Å². The van der Waals surface area contributed by atoms with Gasteiger partial charge >= 0.3 is 0 Å². The largest absolute Gasteiger partial charge is 0.335 e. The van der Waals surface area contributed by atoms with Crippen LogP contribution in [0.15, 0.2) is 43.1 Å². The lowest BCUT2D eigenvalue weighted by molar-refractivity contribution is -0.116. The zero-order chi connectivity index (χ0) is 25.9. The normalized spacial score (nSPS) is 11.7. The molecule has 0 aromatic carbocycles. The Balaban J connectivity index is 1.49. The van der Waals surface area contributed by atoms with Crippen molar-refractivity contribution in [2.24, 2.45) is 5.92 Å². The van der Waals surface area contributed by atoms with E-state index in [4.69, 9.17) is 4.98 Å². The van der Waals surface area contributed by atoms with Crippen molar-refractivity contribution in [3.05, 3.63) is 48.7 Å². The molecule has 5 rings (SSSR count). The Morgan fingerprint density at radius 3 is 2.59 bits per heavy atom. The third-order valence-corrected chi connectivity index (χ3v) is 6.35. The van der Waals surface area contributed by atoms with E-state index >= 15 is 0 Å². The van der Waals surface area contributed by atoms with E-state index in [9.17, 15) is 4.79 Å². The average molecular weight is 498 g/mol. The number of hydrogen-bond acceptors (Lipinski definition) is 7. The second kappa shape index (κ2) is 10.4. The predicted molar refractivity (Wildman–Crippen MR) is 145 cm³/mol. The number of amides is 1. The molecule has 10 nitrogen and oxygen atoms in total. The summed E-state index contributed by atoms with van der Waals surface area (Å²) >= 11 is 0. The zero-order valence-electron chi connectivity index (χ0n) is 21.5. The Hall–Kier alpha value is -4.18. The Morgan fingerprint density at radius 2 is 1.81 bits per heavy atom. The van der Waals surface area contributed by atoms with Gasteiger partial charge in [0, 0.05) is 48.2 Å². The molecule has 0 aliphatic heterocycles. The molecule has 0 spiro atoms. The number of rotatable bonds is 9. The molecule has 0 bridgehead atoms. The maximum Gasteiger partial charge on any atom is 0.224 e. The highest BCUT2D eigenvalue weighted by Crippen LogP contribution is 2.30. The average Bonchev–Trinajstić information content (AvgIpc) is 3.51. The molecule has 3 N–H and O–H groups in total. The van der Waals surface area contributed by atoms with Crippen molar-refractivity contribution in [1.82, 2.24) is 40.0 Å². The van der Waals surface area contributed by atoms with Gasteiger partial charge in [0.2, 0.25) is 5.91 Å². The Morgan fingerprint density at radius 1 is 1.03 bits per heavy atom. The summed E-state index contributed by atoms with van der Waals surface area (Å²) in [4.78, 5) is 36.2. The highest BCUT2D eigenvalue weighted by Gasteiger charge is 2.17. The fraction of sp³-hybridized carbons (Fsp3) is 0.333. The molecule has 37 heavy (non-hydrogen) atoms. The predicted octanol–water partition coefficient (Wildman–Crippen LogP) is 4.78. The van der Waals surface area contributed by atoms with Gasteiger partial charge in [-0.2, -0.15) is 5.10 Å². The smallest absolute Gasteiger partial charge is 0.224 e. The lowest BCUT2D eigenvalue weighted by atomic mass is 10.1. The highest BCUT2D eigenvalue weighted by molar-refractivity contribution is 5.94. The number of anilines is 1. The lowest BCUT2D eigenvalue weighted by Gasteiger charge is -2.17. The first kappa shape index (κ1) is 24.5. The summed E-state index contributed by atoms with van der Waals surface area (Å²) in [6.07, 6.45) is 9.30. The van der Waals surface area contributed by atoms with Crippen molar-refractivity contribution >= 4 is 33.7 Å². The molecule has 1 amide bonds. The van der Waals surface area contributed by atoms with Gasteiger partial charge in [0.1, 0.15) is 5.69 Å². The number of H-pyrrole nitrogens is 2.